The molecule has 0 saturated carbocycles. The molecule has 8 heteroatoms. The molecule has 0 spiro atoms. The summed E-state index contributed by atoms with van der Waals surface area (Å²) in [6, 6.07) is 3.50. The van der Waals surface area contributed by atoms with Crippen LogP contribution in [0.1, 0.15) is 16.1 Å². The highest BCUT2D eigenvalue weighted by atomic mass is 32.2. The third-order valence-corrected chi connectivity index (χ3v) is 4.28. The second kappa shape index (κ2) is 4.96. The second-order valence-electron chi connectivity index (χ2n) is 4.71. The van der Waals surface area contributed by atoms with Gasteiger partial charge in [0.05, 0.1) is 10.6 Å². The van der Waals surface area contributed by atoms with Gasteiger partial charge in [-0.15, -0.1) is 0 Å². The van der Waals surface area contributed by atoms with Gasteiger partial charge in [0.1, 0.15) is 5.82 Å². The molecule has 0 radical (unpaired) electrons. The van der Waals surface area contributed by atoms with Crippen molar-refractivity contribution in [1.82, 2.24) is 9.78 Å². The van der Waals surface area contributed by atoms with Crippen molar-refractivity contribution in [2.24, 2.45) is 7.05 Å². The first-order valence-corrected chi connectivity index (χ1v) is 7.78. The number of hydrogen-bond donors (Lipinski definition) is 1. The van der Waals surface area contributed by atoms with Crippen molar-refractivity contribution in [3.05, 3.63) is 35.3 Å². The van der Waals surface area contributed by atoms with E-state index >= 15 is 0 Å². The van der Waals surface area contributed by atoms with E-state index in [0.717, 1.165) is 12.3 Å². The molecule has 21 heavy (non-hydrogen) atoms. The van der Waals surface area contributed by atoms with E-state index in [9.17, 15) is 17.6 Å². The minimum Gasteiger partial charge on any atom is -0.476 e. The Balaban J connectivity index is 2.73. The van der Waals surface area contributed by atoms with E-state index in [1.54, 1.807) is 0 Å². The van der Waals surface area contributed by atoms with Gasteiger partial charge < -0.3 is 5.11 Å². The fourth-order valence-corrected chi connectivity index (χ4v) is 3.05. The van der Waals surface area contributed by atoms with Crippen molar-refractivity contribution in [2.45, 2.75) is 11.8 Å². The van der Waals surface area contributed by atoms with E-state index in [0.29, 0.717) is 5.56 Å². The highest BCUT2D eigenvalue weighted by molar-refractivity contribution is 7.90. The van der Waals surface area contributed by atoms with E-state index < -0.39 is 21.6 Å². The lowest BCUT2D eigenvalue weighted by atomic mass is 10.1. The van der Waals surface area contributed by atoms with Crippen LogP contribution in [0.25, 0.3) is 11.3 Å². The number of aromatic carboxylic acids is 1. The summed E-state index contributed by atoms with van der Waals surface area (Å²) in [5.74, 6) is -1.88. The molecule has 0 bridgehead atoms. The Morgan fingerprint density at radius 1 is 1.33 bits per heavy atom. The van der Waals surface area contributed by atoms with Crippen molar-refractivity contribution in [3.63, 3.8) is 0 Å². The molecule has 1 aromatic heterocycles. The predicted molar refractivity (Wildman–Crippen MR) is 73.4 cm³/mol. The molecule has 0 aliphatic heterocycles. The third kappa shape index (κ3) is 2.80. The van der Waals surface area contributed by atoms with Gasteiger partial charge in [0, 0.05) is 18.9 Å². The molecule has 0 fully saturated rings. The van der Waals surface area contributed by atoms with Crippen LogP contribution in [0.5, 0.6) is 0 Å². The molecule has 0 aliphatic rings. The van der Waals surface area contributed by atoms with Crippen LogP contribution in [0.15, 0.2) is 23.1 Å². The maximum absolute atomic E-state index is 14.1. The van der Waals surface area contributed by atoms with Crippen LogP contribution in [0.2, 0.25) is 0 Å². The maximum Gasteiger partial charge on any atom is 0.356 e. The lowest BCUT2D eigenvalue weighted by Crippen LogP contribution is -2.03. The van der Waals surface area contributed by atoms with Gasteiger partial charge in [0.15, 0.2) is 15.5 Å². The molecule has 2 aromatic rings. The summed E-state index contributed by atoms with van der Waals surface area (Å²) in [5.41, 5.74) is 0.228. The maximum atomic E-state index is 14.1. The molecule has 112 valence electrons. The molecule has 2 rings (SSSR count). The van der Waals surface area contributed by atoms with E-state index in [1.165, 1.54) is 30.8 Å². The largest absolute Gasteiger partial charge is 0.476 e. The van der Waals surface area contributed by atoms with Crippen LogP contribution < -0.4 is 0 Å². The first-order chi connectivity index (χ1) is 9.61. The first-order valence-electron chi connectivity index (χ1n) is 5.89. The monoisotopic (exact) mass is 312 g/mol. The zero-order valence-electron chi connectivity index (χ0n) is 11.6. The highest BCUT2D eigenvalue weighted by Gasteiger charge is 2.20. The van der Waals surface area contributed by atoms with Gasteiger partial charge in [0.2, 0.25) is 0 Å². The molecule has 0 aliphatic carbocycles. The minimum atomic E-state index is -3.52. The lowest BCUT2D eigenvalue weighted by Gasteiger charge is -2.09. The Hall–Kier alpha value is -2.22. The average molecular weight is 312 g/mol. The molecule has 0 saturated heterocycles. The molecule has 0 unspecified atom stereocenters. The average Bonchev–Trinajstić information content (AvgIpc) is 2.70. The van der Waals surface area contributed by atoms with Crippen LogP contribution >= 0.6 is 0 Å². The van der Waals surface area contributed by atoms with Crippen molar-refractivity contribution in [1.29, 1.82) is 0 Å². The first kappa shape index (κ1) is 15.2. The summed E-state index contributed by atoms with van der Waals surface area (Å²) in [6.45, 7) is 1.50. The summed E-state index contributed by atoms with van der Waals surface area (Å²) in [4.78, 5) is 10.9. The fraction of sp³-hybridized carbons (Fsp3) is 0.231. The summed E-state index contributed by atoms with van der Waals surface area (Å²) < 4.78 is 38.7. The Bertz CT molecular complexity index is 840. The van der Waals surface area contributed by atoms with Gasteiger partial charge >= 0.3 is 5.97 Å². The van der Waals surface area contributed by atoms with Crippen molar-refractivity contribution >= 4 is 15.8 Å². The number of rotatable bonds is 3. The standard InChI is InChI=1S/C13H13FN2O4S/c1-7-4-9(14)8(5-12(7)21(3,19)20)11-6-10(13(17)18)15-16(11)2/h4-6H,1-3H3,(H,17,18). The summed E-state index contributed by atoms with van der Waals surface area (Å²) in [6.07, 6.45) is 1.03. The lowest BCUT2D eigenvalue weighted by molar-refractivity contribution is 0.0689. The van der Waals surface area contributed by atoms with Crippen LogP contribution in [0, 0.1) is 12.7 Å². The second-order valence-corrected chi connectivity index (χ2v) is 6.70. The van der Waals surface area contributed by atoms with Gasteiger partial charge in [0.25, 0.3) is 0 Å². The number of carbonyl (C=O) groups is 1. The molecule has 1 N–H and O–H groups in total. The normalized spacial score (nSPS) is 11.6. The molecular formula is C13H13FN2O4S. The molecule has 1 heterocycles. The number of aromatic nitrogens is 2. The molecule has 1 aromatic carbocycles. The van der Waals surface area contributed by atoms with Crippen LogP contribution in [0.4, 0.5) is 4.39 Å². The van der Waals surface area contributed by atoms with E-state index in [1.807, 2.05) is 0 Å². The highest BCUT2D eigenvalue weighted by Crippen LogP contribution is 2.28. The number of benzene rings is 1. The Labute approximate surface area is 120 Å². The summed E-state index contributed by atoms with van der Waals surface area (Å²) in [7, 11) is -2.06. The summed E-state index contributed by atoms with van der Waals surface area (Å²) >= 11 is 0. The van der Waals surface area contributed by atoms with E-state index in [-0.39, 0.29) is 21.8 Å². The number of halogens is 1. The SMILES string of the molecule is Cc1cc(F)c(-c2cc(C(=O)O)nn2C)cc1S(C)(=O)=O. The number of nitrogens with zero attached hydrogens (tertiary/aromatic N) is 2. The topological polar surface area (TPSA) is 89.3 Å². The summed E-state index contributed by atoms with van der Waals surface area (Å²) in [5, 5.41) is 12.6. The molecule has 0 amide bonds. The van der Waals surface area contributed by atoms with Crippen molar-refractivity contribution < 1.29 is 22.7 Å². The smallest absolute Gasteiger partial charge is 0.356 e. The minimum absolute atomic E-state index is 0.00280. The number of hydrogen-bond acceptors (Lipinski definition) is 4. The quantitative estimate of drug-likeness (QED) is 0.870. The Morgan fingerprint density at radius 3 is 2.43 bits per heavy atom. The van der Waals surface area contributed by atoms with E-state index in [2.05, 4.69) is 5.10 Å². The van der Waals surface area contributed by atoms with Gasteiger partial charge in [-0.25, -0.2) is 17.6 Å². The van der Waals surface area contributed by atoms with Crippen LogP contribution in [0.3, 0.4) is 0 Å². The molecular weight excluding hydrogens is 299 g/mol. The third-order valence-electron chi connectivity index (χ3n) is 3.04. The molecule has 0 atom stereocenters. The van der Waals surface area contributed by atoms with Gasteiger partial charge in [-0.2, -0.15) is 5.10 Å². The zero-order chi connectivity index (χ0) is 15.9. The number of carboxylic acids is 1. The number of aryl methyl sites for hydroxylation is 2. The van der Waals surface area contributed by atoms with Crippen LogP contribution in [-0.4, -0.2) is 35.5 Å². The van der Waals surface area contributed by atoms with Gasteiger partial charge in [-0.05, 0) is 30.7 Å². The van der Waals surface area contributed by atoms with Crippen molar-refractivity contribution in [3.8, 4) is 11.3 Å². The fourth-order valence-electron chi connectivity index (χ4n) is 2.07. The zero-order valence-corrected chi connectivity index (χ0v) is 12.4. The Kier molecular flexibility index (Phi) is 3.58. The number of carboxylic acid groups (broad SMARTS) is 1. The Morgan fingerprint density at radius 2 is 1.95 bits per heavy atom. The van der Waals surface area contributed by atoms with Gasteiger partial charge in [-0.3, -0.25) is 4.68 Å². The molecule has 6 nitrogen and oxygen atoms in total. The van der Waals surface area contributed by atoms with E-state index in [4.69, 9.17) is 5.11 Å². The number of sulfone groups is 1. The van der Waals surface area contributed by atoms with Gasteiger partial charge in [-0.1, -0.05) is 0 Å². The van der Waals surface area contributed by atoms with Crippen molar-refractivity contribution in [2.75, 3.05) is 6.26 Å². The predicted octanol–water partition coefficient (Wildman–Crippen LogP) is 1.64. The van der Waals surface area contributed by atoms with Crippen LogP contribution in [-0.2, 0) is 16.9 Å².